The van der Waals surface area contributed by atoms with E-state index in [1.165, 1.54) is 0 Å². The standard InChI is InChI=1S/C20H24N4O5/c1-26-15-5-4-13(16(27-2)17(15)28-3)14-10-21-18-19(22-14)24(20(25)23-18)11-12-6-8-29-9-7-12/h4-5,10,12H,6-9,11H2,1-3H3,(H,21,23,25). The molecule has 9 nitrogen and oxygen atoms in total. The van der Waals surface area contributed by atoms with Gasteiger partial charge < -0.3 is 18.9 Å². The first-order valence-corrected chi connectivity index (χ1v) is 9.49. The molecule has 0 saturated carbocycles. The topological polar surface area (TPSA) is 100 Å². The smallest absolute Gasteiger partial charge is 0.328 e. The maximum atomic E-state index is 12.5. The van der Waals surface area contributed by atoms with Gasteiger partial charge in [-0.1, -0.05) is 0 Å². The summed E-state index contributed by atoms with van der Waals surface area (Å²) >= 11 is 0. The Bertz CT molecular complexity index is 1070. The minimum atomic E-state index is -0.206. The van der Waals surface area contributed by atoms with E-state index in [4.69, 9.17) is 23.9 Å². The number of methoxy groups -OCH3 is 3. The van der Waals surface area contributed by atoms with Gasteiger partial charge >= 0.3 is 5.69 Å². The molecule has 1 N–H and O–H groups in total. The van der Waals surface area contributed by atoms with Crippen molar-refractivity contribution in [3.8, 4) is 28.5 Å². The van der Waals surface area contributed by atoms with Gasteiger partial charge in [0, 0.05) is 25.3 Å². The largest absolute Gasteiger partial charge is 0.493 e. The molecule has 0 amide bonds. The molecule has 154 valence electrons. The number of nitrogens with zero attached hydrogens (tertiary/aromatic N) is 3. The zero-order valence-electron chi connectivity index (χ0n) is 16.7. The summed E-state index contributed by atoms with van der Waals surface area (Å²) in [6.07, 6.45) is 3.46. The molecule has 0 aliphatic carbocycles. The van der Waals surface area contributed by atoms with Gasteiger partial charge in [-0.15, -0.1) is 0 Å². The minimum absolute atomic E-state index is 0.206. The maximum Gasteiger partial charge on any atom is 0.328 e. The minimum Gasteiger partial charge on any atom is -0.493 e. The highest BCUT2D eigenvalue weighted by molar-refractivity contribution is 5.77. The molecular weight excluding hydrogens is 376 g/mol. The predicted octanol–water partition coefficient (Wildman–Crippen LogP) is 2.24. The van der Waals surface area contributed by atoms with Crippen molar-refractivity contribution in [2.45, 2.75) is 19.4 Å². The number of fused-ring (bicyclic) bond motifs is 1. The van der Waals surface area contributed by atoms with Crippen molar-refractivity contribution in [3.05, 3.63) is 28.8 Å². The maximum absolute atomic E-state index is 12.5. The number of aromatic amines is 1. The van der Waals surface area contributed by atoms with Gasteiger partial charge in [-0.3, -0.25) is 9.55 Å². The molecule has 9 heteroatoms. The molecule has 1 aliphatic heterocycles. The van der Waals surface area contributed by atoms with E-state index in [1.807, 2.05) is 6.07 Å². The first-order valence-electron chi connectivity index (χ1n) is 9.49. The molecule has 0 atom stereocenters. The quantitative estimate of drug-likeness (QED) is 0.677. The lowest BCUT2D eigenvalue weighted by molar-refractivity contribution is 0.0613. The Balaban J connectivity index is 1.80. The van der Waals surface area contributed by atoms with Crippen LogP contribution in [0.15, 0.2) is 23.1 Å². The van der Waals surface area contributed by atoms with Crippen molar-refractivity contribution < 1.29 is 18.9 Å². The van der Waals surface area contributed by atoms with Crippen molar-refractivity contribution in [1.29, 1.82) is 0 Å². The molecular formula is C20H24N4O5. The van der Waals surface area contributed by atoms with E-state index >= 15 is 0 Å². The summed E-state index contributed by atoms with van der Waals surface area (Å²) in [6, 6.07) is 3.62. The molecule has 2 aromatic heterocycles. The third-order valence-corrected chi connectivity index (χ3v) is 5.24. The number of imidazole rings is 1. The van der Waals surface area contributed by atoms with Crippen LogP contribution in [0.3, 0.4) is 0 Å². The Kier molecular flexibility index (Phi) is 5.39. The van der Waals surface area contributed by atoms with Gasteiger partial charge in [0.25, 0.3) is 0 Å². The fourth-order valence-corrected chi connectivity index (χ4v) is 3.71. The highest BCUT2D eigenvalue weighted by Gasteiger charge is 2.21. The highest BCUT2D eigenvalue weighted by Crippen LogP contribution is 2.43. The molecule has 0 radical (unpaired) electrons. The second-order valence-electron chi connectivity index (χ2n) is 6.91. The van der Waals surface area contributed by atoms with Crippen molar-refractivity contribution in [2.75, 3.05) is 34.5 Å². The Morgan fingerprint density at radius 2 is 1.90 bits per heavy atom. The third-order valence-electron chi connectivity index (χ3n) is 5.24. The Labute approximate surface area is 167 Å². The number of nitrogens with one attached hydrogen (secondary N) is 1. The highest BCUT2D eigenvalue weighted by atomic mass is 16.5. The summed E-state index contributed by atoms with van der Waals surface area (Å²) < 4.78 is 23.5. The monoisotopic (exact) mass is 400 g/mol. The van der Waals surface area contributed by atoms with Crippen LogP contribution in [0.25, 0.3) is 22.6 Å². The van der Waals surface area contributed by atoms with Crippen LogP contribution in [-0.4, -0.2) is 54.1 Å². The lowest BCUT2D eigenvalue weighted by atomic mass is 10.0. The van der Waals surface area contributed by atoms with Crippen molar-refractivity contribution >= 4 is 11.3 Å². The van der Waals surface area contributed by atoms with Crippen LogP contribution in [0.2, 0.25) is 0 Å². The average molecular weight is 400 g/mol. The summed E-state index contributed by atoms with van der Waals surface area (Å²) in [5.41, 5.74) is 2.06. The first kappa shape index (κ1) is 19.3. The molecule has 0 spiro atoms. The van der Waals surface area contributed by atoms with Gasteiger partial charge in [0.2, 0.25) is 5.75 Å². The second-order valence-corrected chi connectivity index (χ2v) is 6.91. The Hall–Kier alpha value is -3.07. The summed E-state index contributed by atoms with van der Waals surface area (Å²) in [5.74, 6) is 1.90. The number of rotatable bonds is 6. The fraction of sp³-hybridized carbons (Fsp3) is 0.450. The summed E-state index contributed by atoms with van der Waals surface area (Å²) in [6.45, 7) is 2.03. The summed E-state index contributed by atoms with van der Waals surface area (Å²) in [7, 11) is 4.68. The van der Waals surface area contributed by atoms with Crippen LogP contribution >= 0.6 is 0 Å². The van der Waals surface area contributed by atoms with Crippen molar-refractivity contribution in [3.63, 3.8) is 0 Å². The third kappa shape index (κ3) is 3.53. The number of benzene rings is 1. The number of ether oxygens (including phenoxy) is 4. The molecule has 0 unspecified atom stereocenters. The number of hydrogen-bond acceptors (Lipinski definition) is 7. The molecule has 1 saturated heterocycles. The molecule has 1 aliphatic rings. The van der Waals surface area contributed by atoms with Crippen LogP contribution in [0.1, 0.15) is 12.8 Å². The van der Waals surface area contributed by atoms with Gasteiger partial charge in [0.15, 0.2) is 22.8 Å². The van der Waals surface area contributed by atoms with E-state index in [2.05, 4.69) is 9.97 Å². The lowest BCUT2D eigenvalue weighted by Crippen LogP contribution is -2.26. The predicted molar refractivity (Wildman–Crippen MR) is 107 cm³/mol. The average Bonchev–Trinajstić information content (AvgIpc) is 3.07. The van der Waals surface area contributed by atoms with Crippen LogP contribution in [-0.2, 0) is 11.3 Å². The van der Waals surface area contributed by atoms with Gasteiger partial charge in [-0.05, 0) is 30.9 Å². The van der Waals surface area contributed by atoms with Crippen molar-refractivity contribution in [2.24, 2.45) is 5.92 Å². The molecule has 1 fully saturated rings. The van der Waals surface area contributed by atoms with E-state index in [0.29, 0.717) is 52.3 Å². The van der Waals surface area contributed by atoms with Crippen LogP contribution < -0.4 is 19.9 Å². The second kappa shape index (κ2) is 8.12. The molecule has 3 heterocycles. The van der Waals surface area contributed by atoms with E-state index in [-0.39, 0.29) is 5.69 Å². The molecule has 1 aromatic carbocycles. The SMILES string of the molecule is COc1ccc(-c2cnc3[nH]c(=O)n(CC4CCOCC4)c3n2)c(OC)c1OC. The van der Waals surface area contributed by atoms with Crippen LogP contribution in [0.4, 0.5) is 0 Å². The summed E-state index contributed by atoms with van der Waals surface area (Å²) in [5, 5.41) is 0. The lowest BCUT2D eigenvalue weighted by Gasteiger charge is -2.22. The van der Waals surface area contributed by atoms with E-state index in [0.717, 1.165) is 26.1 Å². The molecule has 3 aromatic rings. The first-order chi connectivity index (χ1) is 14.2. The van der Waals surface area contributed by atoms with Crippen LogP contribution in [0.5, 0.6) is 17.2 Å². The van der Waals surface area contributed by atoms with E-state index in [9.17, 15) is 4.79 Å². The van der Waals surface area contributed by atoms with E-state index < -0.39 is 0 Å². The van der Waals surface area contributed by atoms with Gasteiger partial charge in [-0.25, -0.2) is 14.8 Å². The van der Waals surface area contributed by atoms with Crippen molar-refractivity contribution in [1.82, 2.24) is 19.5 Å². The number of hydrogen-bond donors (Lipinski definition) is 1. The molecule has 0 bridgehead atoms. The van der Waals surface area contributed by atoms with Crippen LogP contribution in [0, 0.1) is 5.92 Å². The molecule has 29 heavy (non-hydrogen) atoms. The number of H-pyrrole nitrogens is 1. The fourth-order valence-electron chi connectivity index (χ4n) is 3.71. The summed E-state index contributed by atoms with van der Waals surface area (Å²) in [4.78, 5) is 24.4. The Morgan fingerprint density at radius 3 is 2.59 bits per heavy atom. The van der Waals surface area contributed by atoms with E-state index in [1.54, 1.807) is 38.2 Å². The molecule has 4 rings (SSSR count). The van der Waals surface area contributed by atoms with Gasteiger partial charge in [0.05, 0.1) is 33.2 Å². The zero-order valence-corrected chi connectivity index (χ0v) is 16.7. The number of aromatic nitrogens is 4. The van der Waals surface area contributed by atoms with Gasteiger partial charge in [-0.2, -0.15) is 0 Å². The van der Waals surface area contributed by atoms with Gasteiger partial charge in [0.1, 0.15) is 0 Å². The Morgan fingerprint density at radius 1 is 1.14 bits per heavy atom. The normalized spacial score (nSPS) is 14.9. The zero-order chi connectivity index (χ0) is 20.4.